The molecular formula is C25H27N3O4. The number of aryl methyl sites for hydroxylation is 2. The summed E-state index contributed by atoms with van der Waals surface area (Å²) in [5, 5.41) is 0. The van der Waals surface area contributed by atoms with Crippen molar-refractivity contribution < 1.29 is 14.3 Å². The number of aromatic nitrogens is 2. The Morgan fingerprint density at radius 3 is 2.72 bits per heavy atom. The van der Waals surface area contributed by atoms with E-state index in [2.05, 4.69) is 4.98 Å². The molecule has 1 aromatic heterocycles. The minimum Gasteiger partial charge on any atom is -0.490 e. The fourth-order valence-electron chi connectivity index (χ4n) is 4.73. The SMILES string of the molecule is CCn1c(=O)c(C)nc2cc(C(=O)N3CCCC3c3ccc4c(c3)OCCCO4)ccc21. The molecule has 166 valence electrons. The molecule has 2 aliphatic rings. The molecule has 3 aromatic rings. The van der Waals surface area contributed by atoms with Crippen molar-refractivity contribution in [2.24, 2.45) is 0 Å². The highest BCUT2D eigenvalue weighted by atomic mass is 16.5. The van der Waals surface area contributed by atoms with Crippen molar-refractivity contribution in [1.29, 1.82) is 0 Å². The highest BCUT2D eigenvalue weighted by Crippen LogP contribution is 2.38. The first kappa shape index (κ1) is 20.5. The zero-order valence-electron chi connectivity index (χ0n) is 18.5. The zero-order chi connectivity index (χ0) is 22.2. The van der Waals surface area contributed by atoms with Gasteiger partial charge in [0.2, 0.25) is 0 Å². The number of hydrogen-bond acceptors (Lipinski definition) is 5. The van der Waals surface area contributed by atoms with E-state index in [0.717, 1.165) is 41.8 Å². The maximum atomic E-state index is 13.5. The third kappa shape index (κ3) is 3.51. The third-order valence-electron chi connectivity index (χ3n) is 6.34. The average Bonchev–Trinajstić information content (AvgIpc) is 3.17. The van der Waals surface area contributed by atoms with Crippen LogP contribution in [-0.4, -0.2) is 40.1 Å². The first-order valence-corrected chi connectivity index (χ1v) is 11.3. The molecule has 0 aliphatic carbocycles. The molecule has 0 spiro atoms. The Bertz CT molecular complexity index is 1250. The van der Waals surface area contributed by atoms with Gasteiger partial charge in [-0.3, -0.25) is 9.59 Å². The second kappa shape index (κ2) is 8.30. The third-order valence-corrected chi connectivity index (χ3v) is 6.34. The van der Waals surface area contributed by atoms with Crippen LogP contribution in [0.3, 0.4) is 0 Å². The van der Waals surface area contributed by atoms with E-state index in [1.807, 2.05) is 36.1 Å². The Labute approximate surface area is 186 Å². The van der Waals surface area contributed by atoms with Crippen LogP contribution in [0.25, 0.3) is 11.0 Å². The molecule has 1 fully saturated rings. The molecule has 32 heavy (non-hydrogen) atoms. The number of benzene rings is 2. The summed E-state index contributed by atoms with van der Waals surface area (Å²) in [6.45, 7) is 6.20. The fraction of sp³-hybridized carbons (Fsp3) is 0.400. The van der Waals surface area contributed by atoms with Crippen molar-refractivity contribution >= 4 is 16.9 Å². The van der Waals surface area contributed by atoms with Crippen LogP contribution in [0.15, 0.2) is 41.2 Å². The lowest BCUT2D eigenvalue weighted by Crippen LogP contribution is -2.30. The van der Waals surface area contributed by atoms with E-state index in [-0.39, 0.29) is 17.5 Å². The smallest absolute Gasteiger partial charge is 0.272 e. The summed E-state index contributed by atoms with van der Waals surface area (Å²) in [4.78, 5) is 32.3. The number of amides is 1. The van der Waals surface area contributed by atoms with Gasteiger partial charge in [-0.25, -0.2) is 4.98 Å². The molecule has 3 heterocycles. The van der Waals surface area contributed by atoms with Crippen molar-refractivity contribution in [3.05, 3.63) is 63.6 Å². The molecule has 1 atom stereocenters. The fourth-order valence-corrected chi connectivity index (χ4v) is 4.73. The first-order chi connectivity index (χ1) is 15.6. The Balaban J connectivity index is 1.47. The summed E-state index contributed by atoms with van der Waals surface area (Å²) in [5.74, 6) is 1.50. The minimum absolute atomic E-state index is 0.00496. The molecule has 0 saturated carbocycles. The summed E-state index contributed by atoms with van der Waals surface area (Å²) < 4.78 is 13.3. The summed E-state index contributed by atoms with van der Waals surface area (Å²) in [6, 6.07) is 11.4. The minimum atomic E-state index is -0.0897. The van der Waals surface area contributed by atoms with Crippen molar-refractivity contribution in [2.45, 2.75) is 45.7 Å². The highest BCUT2D eigenvalue weighted by Gasteiger charge is 2.31. The van der Waals surface area contributed by atoms with Gasteiger partial charge in [0.15, 0.2) is 11.5 Å². The largest absolute Gasteiger partial charge is 0.490 e. The van der Waals surface area contributed by atoms with E-state index in [9.17, 15) is 9.59 Å². The standard InChI is InChI=1S/C25H27N3O4/c1-3-27-21-9-7-18(14-19(21)26-16(2)24(27)29)25(30)28-11-4-6-20(28)17-8-10-22-23(15-17)32-13-5-12-31-22/h7-10,14-15,20H,3-6,11-13H2,1-2H3. The Morgan fingerprint density at radius 1 is 1.09 bits per heavy atom. The number of rotatable bonds is 3. The lowest BCUT2D eigenvalue weighted by molar-refractivity contribution is 0.0735. The highest BCUT2D eigenvalue weighted by molar-refractivity contribution is 5.97. The van der Waals surface area contributed by atoms with Crippen molar-refractivity contribution in [2.75, 3.05) is 19.8 Å². The van der Waals surface area contributed by atoms with Crippen molar-refractivity contribution in [3.8, 4) is 11.5 Å². The number of nitrogens with zero attached hydrogens (tertiary/aromatic N) is 3. The van der Waals surface area contributed by atoms with Gasteiger partial charge in [-0.15, -0.1) is 0 Å². The van der Waals surface area contributed by atoms with E-state index in [4.69, 9.17) is 9.47 Å². The van der Waals surface area contributed by atoms with Crippen LogP contribution in [-0.2, 0) is 6.54 Å². The van der Waals surface area contributed by atoms with E-state index < -0.39 is 0 Å². The van der Waals surface area contributed by atoms with Crippen LogP contribution in [0, 0.1) is 6.92 Å². The lowest BCUT2D eigenvalue weighted by Gasteiger charge is -2.26. The summed E-state index contributed by atoms with van der Waals surface area (Å²) in [6.07, 6.45) is 2.72. The summed E-state index contributed by atoms with van der Waals surface area (Å²) in [7, 11) is 0. The van der Waals surface area contributed by atoms with Gasteiger partial charge < -0.3 is 18.9 Å². The van der Waals surface area contributed by atoms with Gasteiger partial charge >= 0.3 is 0 Å². The summed E-state index contributed by atoms with van der Waals surface area (Å²) in [5.41, 5.74) is 3.42. The first-order valence-electron chi connectivity index (χ1n) is 11.3. The van der Waals surface area contributed by atoms with E-state index in [1.54, 1.807) is 23.6 Å². The zero-order valence-corrected chi connectivity index (χ0v) is 18.5. The predicted octanol–water partition coefficient (Wildman–Crippen LogP) is 3.86. The van der Waals surface area contributed by atoms with Crippen LogP contribution >= 0.6 is 0 Å². The van der Waals surface area contributed by atoms with E-state index in [1.165, 1.54) is 0 Å². The molecule has 0 N–H and O–H groups in total. The number of carbonyl (C=O) groups excluding carboxylic acids is 1. The monoisotopic (exact) mass is 433 g/mol. The van der Waals surface area contributed by atoms with Gasteiger partial charge in [-0.2, -0.15) is 0 Å². The molecule has 1 unspecified atom stereocenters. The maximum Gasteiger partial charge on any atom is 0.272 e. The molecule has 1 amide bonds. The molecule has 1 saturated heterocycles. The number of ether oxygens (including phenoxy) is 2. The molecule has 5 rings (SSSR count). The quantitative estimate of drug-likeness (QED) is 0.627. The van der Waals surface area contributed by atoms with Crippen LogP contribution in [0.4, 0.5) is 0 Å². The molecule has 2 aliphatic heterocycles. The molecule has 2 aromatic carbocycles. The van der Waals surface area contributed by atoms with Gasteiger partial charge in [0.05, 0.1) is 30.3 Å². The van der Waals surface area contributed by atoms with Crippen LogP contribution in [0.1, 0.15) is 53.8 Å². The second-order valence-electron chi connectivity index (χ2n) is 8.36. The Morgan fingerprint density at radius 2 is 1.91 bits per heavy atom. The molecule has 7 nitrogen and oxygen atoms in total. The molecule has 7 heteroatoms. The van der Waals surface area contributed by atoms with E-state index in [0.29, 0.717) is 43.1 Å². The second-order valence-corrected chi connectivity index (χ2v) is 8.36. The predicted molar refractivity (Wildman–Crippen MR) is 121 cm³/mol. The van der Waals surface area contributed by atoms with Gasteiger partial charge in [0, 0.05) is 25.1 Å². The molecular weight excluding hydrogens is 406 g/mol. The number of carbonyl (C=O) groups is 1. The molecule has 0 bridgehead atoms. The van der Waals surface area contributed by atoms with Crippen LogP contribution in [0.5, 0.6) is 11.5 Å². The van der Waals surface area contributed by atoms with Crippen LogP contribution in [0.2, 0.25) is 0 Å². The summed E-state index contributed by atoms with van der Waals surface area (Å²) >= 11 is 0. The average molecular weight is 434 g/mol. The number of likely N-dealkylation sites (tertiary alicyclic amines) is 1. The van der Waals surface area contributed by atoms with E-state index >= 15 is 0 Å². The van der Waals surface area contributed by atoms with Gasteiger partial charge in [0.25, 0.3) is 11.5 Å². The Hall–Kier alpha value is -3.35. The normalized spacial score (nSPS) is 18.1. The van der Waals surface area contributed by atoms with Gasteiger partial charge in [-0.05, 0) is 62.6 Å². The topological polar surface area (TPSA) is 73.7 Å². The Kier molecular flexibility index (Phi) is 5.33. The van der Waals surface area contributed by atoms with Gasteiger partial charge in [-0.1, -0.05) is 6.07 Å². The van der Waals surface area contributed by atoms with Crippen molar-refractivity contribution in [3.63, 3.8) is 0 Å². The van der Waals surface area contributed by atoms with Crippen LogP contribution < -0.4 is 15.0 Å². The maximum absolute atomic E-state index is 13.5. The van der Waals surface area contributed by atoms with Gasteiger partial charge in [0.1, 0.15) is 5.69 Å². The van der Waals surface area contributed by atoms with Crippen molar-refractivity contribution in [1.82, 2.24) is 14.5 Å². The number of fused-ring (bicyclic) bond motifs is 2. The lowest BCUT2D eigenvalue weighted by atomic mass is 10.0. The molecule has 0 radical (unpaired) electrons. The number of hydrogen-bond donors (Lipinski definition) is 0.